The van der Waals surface area contributed by atoms with Crippen LogP contribution in [0.3, 0.4) is 0 Å². The SMILES string of the molecule is Cc1cccc(C2CCCN2C(=O)[C@H](O)[C@@H](O)C(=O)N(C)CCc2cccs2)c1. The van der Waals surface area contributed by atoms with E-state index in [1.165, 1.54) is 4.90 Å². The van der Waals surface area contributed by atoms with E-state index < -0.39 is 24.0 Å². The molecule has 1 unspecified atom stereocenters. The van der Waals surface area contributed by atoms with Crippen molar-refractivity contribution < 1.29 is 19.8 Å². The van der Waals surface area contributed by atoms with Crippen molar-refractivity contribution in [1.29, 1.82) is 0 Å². The third-order valence-electron chi connectivity index (χ3n) is 5.42. The highest BCUT2D eigenvalue weighted by Crippen LogP contribution is 2.33. The van der Waals surface area contributed by atoms with Crippen LogP contribution in [-0.4, -0.2) is 64.2 Å². The van der Waals surface area contributed by atoms with E-state index >= 15 is 0 Å². The molecule has 156 valence electrons. The molecule has 6 nitrogen and oxygen atoms in total. The molecule has 0 saturated carbocycles. The second-order valence-corrected chi connectivity index (χ2v) is 8.61. The fraction of sp³-hybridized carbons (Fsp3) is 0.455. The summed E-state index contributed by atoms with van der Waals surface area (Å²) in [7, 11) is 1.57. The van der Waals surface area contributed by atoms with Gasteiger partial charge in [-0.1, -0.05) is 35.9 Å². The molecule has 1 aromatic carbocycles. The lowest BCUT2D eigenvalue weighted by atomic mass is 10.0. The van der Waals surface area contributed by atoms with Gasteiger partial charge in [0.15, 0.2) is 12.2 Å². The summed E-state index contributed by atoms with van der Waals surface area (Å²) in [4.78, 5) is 29.5. The van der Waals surface area contributed by atoms with Crippen LogP contribution in [0.4, 0.5) is 0 Å². The number of carbonyl (C=O) groups is 2. The van der Waals surface area contributed by atoms with Crippen molar-refractivity contribution in [1.82, 2.24) is 9.80 Å². The van der Waals surface area contributed by atoms with Crippen LogP contribution in [0.5, 0.6) is 0 Å². The fourth-order valence-electron chi connectivity index (χ4n) is 3.76. The van der Waals surface area contributed by atoms with Gasteiger partial charge in [-0.15, -0.1) is 11.3 Å². The number of amides is 2. The number of likely N-dealkylation sites (tertiary alicyclic amines) is 1. The molecule has 0 bridgehead atoms. The molecule has 7 heteroatoms. The molecule has 2 amide bonds. The van der Waals surface area contributed by atoms with Crippen LogP contribution in [0.2, 0.25) is 0 Å². The maximum atomic E-state index is 12.9. The summed E-state index contributed by atoms with van der Waals surface area (Å²) < 4.78 is 0. The van der Waals surface area contributed by atoms with Crippen LogP contribution in [-0.2, 0) is 16.0 Å². The zero-order valence-corrected chi connectivity index (χ0v) is 17.6. The monoisotopic (exact) mass is 416 g/mol. The number of nitrogens with zero attached hydrogens (tertiary/aromatic N) is 2. The summed E-state index contributed by atoms with van der Waals surface area (Å²) in [5, 5.41) is 22.8. The standard InChI is InChI=1S/C22H28N2O4S/c1-15-6-3-7-16(14-15)18-9-4-11-24(18)22(28)20(26)19(25)21(27)23(2)12-10-17-8-5-13-29-17/h3,5-8,13-14,18-20,25-26H,4,9-12H2,1-2H3/t18?,19-,20-/m1/s1. The molecule has 0 spiro atoms. The van der Waals surface area contributed by atoms with Crippen LogP contribution < -0.4 is 0 Å². The lowest BCUT2D eigenvalue weighted by molar-refractivity contribution is -0.158. The number of likely N-dealkylation sites (N-methyl/N-ethyl adjacent to an activating group) is 1. The van der Waals surface area contributed by atoms with E-state index in [-0.39, 0.29) is 6.04 Å². The summed E-state index contributed by atoms with van der Waals surface area (Å²) in [5.74, 6) is -1.24. The van der Waals surface area contributed by atoms with Gasteiger partial charge in [-0.2, -0.15) is 0 Å². The molecule has 2 aromatic rings. The van der Waals surface area contributed by atoms with E-state index in [1.54, 1.807) is 23.3 Å². The Morgan fingerprint density at radius 3 is 2.72 bits per heavy atom. The summed E-state index contributed by atoms with van der Waals surface area (Å²) in [6.45, 7) is 2.91. The number of aliphatic hydroxyl groups excluding tert-OH is 2. The maximum Gasteiger partial charge on any atom is 0.255 e. The molecule has 2 heterocycles. The molecule has 1 saturated heterocycles. The minimum absolute atomic E-state index is 0.143. The summed E-state index contributed by atoms with van der Waals surface area (Å²) in [6.07, 6.45) is -1.25. The van der Waals surface area contributed by atoms with Crippen LogP contribution in [0.25, 0.3) is 0 Å². The third kappa shape index (κ3) is 5.04. The van der Waals surface area contributed by atoms with Gasteiger partial charge in [-0.05, 0) is 43.2 Å². The fourth-order valence-corrected chi connectivity index (χ4v) is 4.46. The maximum absolute atomic E-state index is 12.9. The third-order valence-corrected chi connectivity index (χ3v) is 6.35. The lowest BCUT2D eigenvalue weighted by Crippen LogP contribution is -2.51. The zero-order valence-electron chi connectivity index (χ0n) is 16.8. The highest BCUT2D eigenvalue weighted by Gasteiger charge is 2.39. The number of hydrogen-bond acceptors (Lipinski definition) is 5. The summed E-state index contributed by atoms with van der Waals surface area (Å²) >= 11 is 1.60. The first kappa shape index (κ1) is 21.5. The normalized spacial score (nSPS) is 18.5. The van der Waals surface area contributed by atoms with Gasteiger partial charge in [0.1, 0.15) is 0 Å². The van der Waals surface area contributed by atoms with Crippen molar-refractivity contribution in [2.45, 2.75) is 44.4 Å². The molecule has 0 radical (unpaired) electrons. The smallest absolute Gasteiger partial charge is 0.255 e. The Morgan fingerprint density at radius 2 is 2.03 bits per heavy atom. The number of aliphatic hydroxyl groups is 2. The van der Waals surface area contributed by atoms with Crippen LogP contribution in [0.1, 0.15) is 34.9 Å². The largest absolute Gasteiger partial charge is 0.380 e. The van der Waals surface area contributed by atoms with Gasteiger partial charge in [0.05, 0.1) is 6.04 Å². The Kier molecular flexibility index (Phi) is 7.05. The van der Waals surface area contributed by atoms with Crippen LogP contribution >= 0.6 is 11.3 Å². The average Bonchev–Trinajstić information content (AvgIpc) is 3.41. The first-order valence-electron chi connectivity index (χ1n) is 9.89. The molecule has 0 aliphatic carbocycles. The lowest BCUT2D eigenvalue weighted by Gasteiger charge is -2.30. The molecular weight excluding hydrogens is 388 g/mol. The Morgan fingerprint density at radius 1 is 1.24 bits per heavy atom. The van der Waals surface area contributed by atoms with Gasteiger partial charge in [0, 0.05) is 25.0 Å². The van der Waals surface area contributed by atoms with E-state index in [4.69, 9.17) is 0 Å². The van der Waals surface area contributed by atoms with E-state index in [9.17, 15) is 19.8 Å². The summed E-state index contributed by atoms with van der Waals surface area (Å²) in [6, 6.07) is 11.7. The highest BCUT2D eigenvalue weighted by atomic mass is 32.1. The minimum atomic E-state index is -1.77. The molecule has 3 rings (SSSR count). The zero-order chi connectivity index (χ0) is 21.0. The Hall–Kier alpha value is -2.22. The van der Waals surface area contributed by atoms with Crippen LogP contribution in [0, 0.1) is 6.92 Å². The minimum Gasteiger partial charge on any atom is -0.380 e. The topological polar surface area (TPSA) is 81.1 Å². The molecule has 2 N–H and O–H groups in total. The predicted octanol–water partition coefficient (Wildman–Crippen LogP) is 2.14. The van der Waals surface area contributed by atoms with Gasteiger partial charge < -0.3 is 20.0 Å². The van der Waals surface area contributed by atoms with Gasteiger partial charge >= 0.3 is 0 Å². The van der Waals surface area contributed by atoms with Gasteiger partial charge in [-0.3, -0.25) is 9.59 Å². The van der Waals surface area contributed by atoms with Crippen molar-refractivity contribution >= 4 is 23.2 Å². The summed E-state index contributed by atoms with van der Waals surface area (Å²) in [5.41, 5.74) is 2.11. The molecule has 3 atom stereocenters. The molecule has 29 heavy (non-hydrogen) atoms. The van der Waals surface area contributed by atoms with E-state index in [0.29, 0.717) is 19.5 Å². The Labute approximate surface area is 175 Å². The van der Waals surface area contributed by atoms with E-state index in [0.717, 1.165) is 28.8 Å². The molecule has 1 aromatic heterocycles. The number of rotatable bonds is 7. The van der Waals surface area contributed by atoms with E-state index in [1.807, 2.05) is 48.7 Å². The average molecular weight is 417 g/mol. The quantitative estimate of drug-likeness (QED) is 0.725. The predicted molar refractivity (Wildman–Crippen MR) is 113 cm³/mol. The van der Waals surface area contributed by atoms with Gasteiger partial charge in [0.2, 0.25) is 0 Å². The number of carbonyl (C=O) groups excluding carboxylic acids is 2. The highest BCUT2D eigenvalue weighted by molar-refractivity contribution is 7.09. The molecule has 1 aliphatic heterocycles. The number of benzene rings is 1. The van der Waals surface area contributed by atoms with Crippen molar-refractivity contribution in [3.63, 3.8) is 0 Å². The number of thiophene rings is 1. The number of hydrogen-bond donors (Lipinski definition) is 2. The Bertz CT molecular complexity index is 839. The number of aryl methyl sites for hydroxylation is 1. The van der Waals surface area contributed by atoms with Crippen molar-refractivity contribution in [3.8, 4) is 0 Å². The first-order valence-corrected chi connectivity index (χ1v) is 10.8. The Balaban J connectivity index is 1.62. The molecule has 1 aliphatic rings. The molecular formula is C22H28N2O4S. The molecule has 1 fully saturated rings. The second-order valence-electron chi connectivity index (χ2n) is 7.58. The van der Waals surface area contributed by atoms with Gasteiger partial charge in [0.25, 0.3) is 11.8 Å². The first-order chi connectivity index (χ1) is 13.9. The van der Waals surface area contributed by atoms with Crippen molar-refractivity contribution in [2.24, 2.45) is 0 Å². The van der Waals surface area contributed by atoms with Gasteiger partial charge in [-0.25, -0.2) is 0 Å². The van der Waals surface area contributed by atoms with Crippen molar-refractivity contribution in [3.05, 3.63) is 57.8 Å². The van der Waals surface area contributed by atoms with Crippen LogP contribution in [0.15, 0.2) is 41.8 Å². The van der Waals surface area contributed by atoms with Crippen molar-refractivity contribution in [2.75, 3.05) is 20.1 Å². The van der Waals surface area contributed by atoms with E-state index in [2.05, 4.69) is 0 Å². The second kappa shape index (κ2) is 9.52.